The van der Waals surface area contributed by atoms with Gasteiger partial charge in [0.2, 0.25) is 5.91 Å². The summed E-state index contributed by atoms with van der Waals surface area (Å²) >= 11 is 1.63. The fraction of sp³-hybridized carbons (Fsp3) is 0.238. The number of hydrogen-bond acceptors (Lipinski definition) is 4. The molecule has 0 saturated carbocycles. The van der Waals surface area contributed by atoms with Gasteiger partial charge in [-0.25, -0.2) is 0 Å². The van der Waals surface area contributed by atoms with Crippen molar-refractivity contribution in [3.05, 3.63) is 65.0 Å². The maximum absolute atomic E-state index is 12.3. The summed E-state index contributed by atoms with van der Waals surface area (Å²) in [5.41, 5.74) is 0.896. The van der Waals surface area contributed by atoms with E-state index in [0.29, 0.717) is 0 Å². The minimum atomic E-state index is 0.0728. The minimum absolute atomic E-state index is 0.0728. The predicted octanol–water partition coefficient (Wildman–Crippen LogP) is 4.38. The lowest BCUT2D eigenvalue weighted by Crippen LogP contribution is -2.41. The van der Waals surface area contributed by atoms with Crippen LogP contribution in [0.15, 0.2) is 60.1 Å². The molecule has 132 valence electrons. The summed E-state index contributed by atoms with van der Waals surface area (Å²) in [7, 11) is 0. The summed E-state index contributed by atoms with van der Waals surface area (Å²) < 4.78 is 6.20. The third-order valence-corrected chi connectivity index (χ3v) is 5.41. The molecule has 1 aliphatic heterocycles. The van der Waals surface area contributed by atoms with E-state index in [9.17, 15) is 4.79 Å². The Bertz CT molecular complexity index is 907. The largest absolute Gasteiger partial charge is 0.488 e. The van der Waals surface area contributed by atoms with Gasteiger partial charge >= 0.3 is 0 Å². The van der Waals surface area contributed by atoms with Crippen molar-refractivity contribution in [3.8, 4) is 5.75 Å². The molecule has 3 heterocycles. The first-order chi connectivity index (χ1) is 12.8. The van der Waals surface area contributed by atoms with Crippen LogP contribution in [-0.4, -0.2) is 35.0 Å². The van der Waals surface area contributed by atoms with Crippen LogP contribution in [0.5, 0.6) is 5.75 Å². The van der Waals surface area contributed by atoms with E-state index in [0.717, 1.165) is 47.5 Å². The number of benzene rings is 1. The molecule has 4 nitrogen and oxygen atoms in total. The summed E-state index contributed by atoms with van der Waals surface area (Å²) in [4.78, 5) is 19.8. The van der Waals surface area contributed by atoms with Crippen LogP contribution < -0.4 is 4.74 Å². The molecule has 0 radical (unpaired) electrons. The normalized spacial score (nSPS) is 15.6. The van der Waals surface area contributed by atoms with Crippen LogP contribution in [0.25, 0.3) is 17.0 Å². The number of amides is 1. The Labute approximate surface area is 156 Å². The quantitative estimate of drug-likeness (QED) is 0.645. The first kappa shape index (κ1) is 16.8. The average molecular weight is 364 g/mol. The molecule has 1 amide bonds. The molecule has 0 unspecified atom stereocenters. The van der Waals surface area contributed by atoms with Gasteiger partial charge in [-0.2, -0.15) is 0 Å². The number of carbonyl (C=O) groups is 1. The lowest BCUT2D eigenvalue weighted by atomic mass is 10.1. The number of fused-ring (bicyclic) bond motifs is 1. The van der Waals surface area contributed by atoms with Crippen LogP contribution in [0.3, 0.4) is 0 Å². The SMILES string of the molecule is O=C(C=Cc1cccs1)N1CCC(Oc2cccc3cccnc23)CC1. The highest BCUT2D eigenvalue weighted by atomic mass is 32.1. The number of nitrogens with zero attached hydrogens (tertiary/aromatic N) is 2. The van der Waals surface area contributed by atoms with E-state index in [1.165, 1.54) is 0 Å². The molecule has 1 aromatic carbocycles. The van der Waals surface area contributed by atoms with Gasteiger partial charge in [0, 0.05) is 48.5 Å². The number of rotatable bonds is 4. The highest BCUT2D eigenvalue weighted by Crippen LogP contribution is 2.26. The van der Waals surface area contributed by atoms with Gasteiger partial charge in [-0.15, -0.1) is 11.3 Å². The Morgan fingerprint density at radius 3 is 2.81 bits per heavy atom. The van der Waals surface area contributed by atoms with Crippen LogP contribution in [-0.2, 0) is 4.79 Å². The van der Waals surface area contributed by atoms with Crippen molar-refractivity contribution in [2.45, 2.75) is 18.9 Å². The molecule has 1 fully saturated rings. The van der Waals surface area contributed by atoms with Gasteiger partial charge in [0.1, 0.15) is 17.4 Å². The fourth-order valence-electron chi connectivity index (χ4n) is 3.19. The Hall–Kier alpha value is -2.66. The summed E-state index contributed by atoms with van der Waals surface area (Å²) in [6.45, 7) is 1.44. The van der Waals surface area contributed by atoms with Crippen molar-refractivity contribution in [2.24, 2.45) is 0 Å². The Kier molecular flexibility index (Phi) is 4.97. The third-order valence-electron chi connectivity index (χ3n) is 4.58. The molecule has 0 N–H and O–H groups in total. The maximum Gasteiger partial charge on any atom is 0.246 e. The van der Waals surface area contributed by atoms with Crippen molar-refractivity contribution in [1.82, 2.24) is 9.88 Å². The van der Waals surface area contributed by atoms with Crippen LogP contribution in [0.1, 0.15) is 17.7 Å². The molecule has 0 atom stereocenters. The van der Waals surface area contributed by atoms with Crippen LogP contribution in [0.4, 0.5) is 0 Å². The number of ether oxygens (including phenoxy) is 1. The van der Waals surface area contributed by atoms with Crippen molar-refractivity contribution < 1.29 is 9.53 Å². The zero-order valence-electron chi connectivity index (χ0n) is 14.4. The molecule has 1 aliphatic rings. The van der Waals surface area contributed by atoms with E-state index in [2.05, 4.69) is 4.98 Å². The number of hydrogen-bond donors (Lipinski definition) is 0. The van der Waals surface area contributed by atoms with Crippen LogP contribution >= 0.6 is 11.3 Å². The highest BCUT2D eigenvalue weighted by molar-refractivity contribution is 7.10. The third kappa shape index (κ3) is 3.78. The second kappa shape index (κ2) is 7.70. The van der Waals surface area contributed by atoms with Crippen molar-refractivity contribution >= 4 is 34.2 Å². The van der Waals surface area contributed by atoms with E-state index in [-0.39, 0.29) is 12.0 Å². The molecule has 0 aliphatic carbocycles. The molecular weight excluding hydrogens is 344 g/mol. The highest BCUT2D eigenvalue weighted by Gasteiger charge is 2.23. The van der Waals surface area contributed by atoms with Crippen LogP contribution in [0, 0.1) is 0 Å². The van der Waals surface area contributed by atoms with E-state index in [4.69, 9.17) is 4.74 Å². The Balaban J connectivity index is 1.35. The number of para-hydroxylation sites is 1. The lowest BCUT2D eigenvalue weighted by molar-refractivity contribution is -0.127. The molecule has 5 heteroatoms. The van der Waals surface area contributed by atoms with Crippen LogP contribution in [0.2, 0.25) is 0 Å². The Morgan fingerprint density at radius 1 is 1.15 bits per heavy atom. The summed E-state index contributed by atoms with van der Waals surface area (Å²) in [6.07, 6.45) is 7.13. The number of aromatic nitrogens is 1. The number of piperidine rings is 1. The zero-order chi connectivity index (χ0) is 17.8. The monoisotopic (exact) mass is 364 g/mol. The zero-order valence-corrected chi connectivity index (χ0v) is 15.2. The van der Waals surface area contributed by atoms with E-state index < -0.39 is 0 Å². The molecule has 3 aromatic rings. The maximum atomic E-state index is 12.3. The standard InChI is InChI=1S/C21H20N2O2S/c24-20(9-8-18-6-3-15-26-18)23-13-10-17(11-14-23)25-19-7-1-4-16-5-2-12-22-21(16)19/h1-9,12,15,17H,10-11,13-14H2. The molecule has 0 bridgehead atoms. The van der Waals surface area contributed by atoms with Crippen molar-refractivity contribution in [3.63, 3.8) is 0 Å². The van der Waals surface area contributed by atoms with Gasteiger partial charge in [0.15, 0.2) is 0 Å². The molecule has 0 spiro atoms. The number of likely N-dealkylation sites (tertiary alicyclic amines) is 1. The second-order valence-corrected chi connectivity index (χ2v) is 7.30. The van der Waals surface area contributed by atoms with E-state index in [1.807, 2.05) is 58.8 Å². The second-order valence-electron chi connectivity index (χ2n) is 6.32. The van der Waals surface area contributed by atoms with Gasteiger partial charge in [0.05, 0.1) is 0 Å². The van der Waals surface area contributed by atoms with E-state index >= 15 is 0 Å². The molecule has 1 saturated heterocycles. The first-order valence-corrected chi connectivity index (χ1v) is 9.68. The van der Waals surface area contributed by atoms with Gasteiger partial charge in [0.25, 0.3) is 0 Å². The minimum Gasteiger partial charge on any atom is -0.488 e. The summed E-state index contributed by atoms with van der Waals surface area (Å²) in [5, 5.41) is 3.09. The van der Waals surface area contributed by atoms with Gasteiger partial charge < -0.3 is 9.64 Å². The number of carbonyl (C=O) groups excluding carboxylic acids is 1. The molecule has 4 rings (SSSR count). The fourth-order valence-corrected chi connectivity index (χ4v) is 3.81. The van der Waals surface area contributed by atoms with Gasteiger partial charge in [-0.3, -0.25) is 9.78 Å². The number of pyridine rings is 1. The molecule has 2 aromatic heterocycles. The topological polar surface area (TPSA) is 42.4 Å². The number of thiophene rings is 1. The molecule has 26 heavy (non-hydrogen) atoms. The van der Waals surface area contributed by atoms with Gasteiger partial charge in [-0.1, -0.05) is 24.3 Å². The summed E-state index contributed by atoms with van der Waals surface area (Å²) in [6, 6.07) is 14.0. The smallest absolute Gasteiger partial charge is 0.246 e. The summed E-state index contributed by atoms with van der Waals surface area (Å²) in [5.74, 6) is 0.897. The van der Waals surface area contributed by atoms with Crippen molar-refractivity contribution in [1.29, 1.82) is 0 Å². The first-order valence-electron chi connectivity index (χ1n) is 8.80. The van der Waals surface area contributed by atoms with E-state index in [1.54, 1.807) is 23.6 Å². The van der Waals surface area contributed by atoms with Crippen molar-refractivity contribution in [2.75, 3.05) is 13.1 Å². The Morgan fingerprint density at radius 2 is 2.00 bits per heavy atom. The lowest BCUT2D eigenvalue weighted by Gasteiger charge is -2.31. The molecular formula is C21H20N2O2S. The van der Waals surface area contributed by atoms with Gasteiger partial charge in [-0.05, 0) is 29.7 Å². The average Bonchev–Trinajstić information content (AvgIpc) is 3.21. The predicted molar refractivity (Wildman–Crippen MR) is 105 cm³/mol.